The molecule has 0 heterocycles. The number of benzene rings is 2. The summed E-state index contributed by atoms with van der Waals surface area (Å²) in [7, 11) is -4.28. The number of hydrogen-bond donors (Lipinski definition) is 1. The van der Waals surface area contributed by atoms with E-state index in [0.717, 1.165) is 12.3 Å². The molecule has 210 valence electrons. The molecule has 2 rings (SSSR count). The van der Waals surface area contributed by atoms with Crippen LogP contribution in [-0.2, 0) is 32.3 Å². The standard InChI is InChI=1S/C25H30Cl2F3N3O4S/c1-5-16(3)31-24(35)21(6-2)32(14-17-9-7-8-10-19(17)26)23(34)15-33(38(4,36)37)22-13-18(25(28,29)30)11-12-20(22)27/h7-13,16,21H,5-6,14-15H2,1-4H3,(H,31,35). The first kappa shape index (κ1) is 31.7. The lowest BCUT2D eigenvalue weighted by atomic mass is 10.1. The Labute approximate surface area is 230 Å². The summed E-state index contributed by atoms with van der Waals surface area (Å²) < 4.78 is 66.0. The van der Waals surface area contributed by atoms with Crippen molar-refractivity contribution in [1.29, 1.82) is 0 Å². The van der Waals surface area contributed by atoms with E-state index in [1.807, 2.05) is 6.92 Å². The van der Waals surface area contributed by atoms with Crippen LogP contribution in [0.5, 0.6) is 0 Å². The second-order valence-corrected chi connectivity index (χ2v) is 11.5. The lowest BCUT2D eigenvalue weighted by Gasteiger charge is -2.33. The molecule has 0 aliphatic carbocycles. The van der Waals surface area contributed by atoms with E-state index < -0.39 is 51.9 Å². The number of rotatable bonds is 11. The van der Waals surface area contributed by atoms with Crippen molar-refractivity contribution < 1.29 is 31.2 Å². The van der Waals surface area contributed by atoms with E-state index in [9.17, 15) is 31.2 Å². The normalized spacial score (nSPS) is 13.5. The Morgan fingerprint density at radius 1 is 1.03 bits per heavy atom. The lowest BCUT2D eigenvalue weighted by Crippen LogP contribution is -2.53. The minimum absolute atomic E-state index is 0.140. The van der Waals surface area contributed by atoms with E-state index >= 15 is 0 Å². The molecule has 0 aliphatic heterocycles. The number of nitrogens with zero attached hydrogens (tertiary/aromatic N) is 2. The van der Waals surface area contributed by atoms with Crippen molar-refractivity contribution in [3.8, 4) is 0 Å². The molecule has 0 aliphatic rings. The maximum Gasteiger partial charge on any atom is 0.416 e. The SMILES string of the molecule is CCC(C)NC(=O)C(CC)N(Cc1ccccc1Cl)C(=O)CN(c1cc(C(F)(F)F)ccc1Cl)S(C)(=O)=O. The van der Waals surface area contributed by atoms with Gasteiger partial charge in [0.15, 0.2) is 0 Å². The van der Waals surface area contributed by atoms with Crippen LogP contribution in [0.3, 0.4) is 0 Å². The van der Waals surface area contributed by atoms with E-state index in [1.165, 1.54) is 4.90 Å². The summed E-state index contributed by atoms with van der Waals surface area (Å²) in [6.45, 7) is 4.33. The largest absolute Gasteiger partial charge is 0.416 e. The van der Waals surface area contributed by atoms with Gasteiger partial charge in [0.05, 0.1) is 22.5 Å². The highest BCUT2D eigenvalue weighted by Crippen LogP contribution is 2.36. The molecule has 2 aromatic rings. The van der Waals surface area contributed by atoms with Gasteiger partial charge in [-0.1, -0.05) is 55.2 Å². The molecule has 0 saturated carbocycles. The van der Waals surface area contributed by atoms with Crippen molar-refractivity contribution in [2.45, 2.75) is 58.4 Å². The summed E-state index contributed by atoms with van der Waals surface area (Å²) in [5.41, 5.74) is -1.14. The molecule has 0 aromatic heterocycles. The minimum atomic E-state index is -4.77. The molecule has 0 saturated heterocycles. The molecule has 2 aromatic carbocycles. The van der Waals surface area contributed by atoms with Crippen LogP contribution in [-0.4, -0.2) is 50.0 Å². The fourth-order valence-electron chi connectivity index (χ4n) is 3.65. The Bertz CT molecular complexity index is 1260. The number of carbonyl (C=O) groups excluding carboxylic acids is 2. The molecular formula is C25H30Cl2F3N3O4S. The third-order valence-corrected chi connectivity index (χ3v) is 7.72. The Kier molecular flexibility index (Phi) is 10.9. The quantitative estimate of drug-likeness (QED) is 0.371. The van der Waals surface area contributed by atoms with Gasteiger partial charge in [-0.15, -0.1) is 0 Å². The van der Waals surface area contributed by atoms with Crippen molar-refractivity contribution in [2.75, 3.05) is 17.1 Å². The highest BCUT2D eigenvalue weighted by Gasteiger charge is 2.35. The van der Waals surface area contributed by atoms with Gasteiger partial charge in [-0.05, 0) is 49.6 Å². The first-order chi connectivity index (χ1) is 17.6. The molecule has 38 heavy (non-hydrogen) atoms. The average molecular weight is 596 g/mol. The Hall–Kier alpha value is -2.50. The van der Waals surface area contributed by atoms with E-state index in [1.54, 1.807) is 38.1 Å². The van der Waals surface area contributed by atoms with Crippen molar-refractivity contribution in [2.24, 2.45) is 0 Å². The third kappa shape index (κ3) is 8.25. The minimum Gasteiger partial charge on any atom is -0.352 e. The molecule has 7 nitrogen and oxygen atoms in total. The summed E-state index contributed by atoms with van der Waals surface area (Å²) in [5, 5.41) is 2.85. The lowest BCUT2D eigenvalue weighted by molar-refractivity contribution is -0.140. The number of halogens is 5. The van der Waals surface area contributed by atoms with E-state index in [-0.39, 0.29) is 24.0 Å². The number of amides is 2. The summed E-state index contributed by atoms with van der Waals surface area (Å²) in [4.78, 5) is 28.0. The van der Waals surface area contributed by atoms with E-state index in [0.29, 0.717) is 33.4 Å². The summed E-state index contributed by atoms with van der Waals surface area (Å²) in [6.07, 6.45) is -3.20. The highest BCUT2D eigenvalue weighted by molar-refractivity contribution is 7.92. The number of alkyl halides is 3. The van der Waals surface area contributed by atoms with Crippen LogP contribution in [0.2, 0.25) is 10.0 Å². The maximum absolute atomic E-state index is 13.7. The van der Waals surface area contributed by atoms with Gasteiger partial charge in [0.25, 0.3) is 0 Å². The summed E-state index contributed by atoms with van der Waals surface area (Å²) in [6, 6.07) is 7.63. The summed E-state index contributed by atoms with van der Waals surface area (Å²) in [5.74, 6) is -1.28. The van der Waals surface area contributed by atoms with Gasteiger partial charge in [0.1, 0.15) is 12.6 Å². The van der Waals surface area contributed by atoms with Crippen LogP contribution in [0.15, 0.2) is 42.5 Å². The topological polar surface area (TPSA) is 86.8 Å². The molecule has 2 unspecified atom stereocenters. The highest BCUT2D eigenvalue weighted by atomic mass is 35.5. The Balaban J connectivity index is 2.56. The van der Waals surface area contributed by atoms with Gasteiger partial charge in [-0.3, -0.25) is 13.9 Å². The number of carbonyl (C=O) groups is 2. The second-order valence-electron chi connectivity index (χ2n) is 8.79. The summed E-state index contributed by atoms with van der Waals surface area (Å²) >= 11 is 12.4. The van der Waals surface area contributed by atoms with Gasteiger partial charge in [0.2, 0.25) is 21.8 Å². The van der Waals surface area contributed by atoms with Gasteiger partial charge in [-0.2, -0.15) is 13.2 Å². The van der Waals surface area contributed by atoms with Gasteiger partial charge in [-0.25, -0.2) is 8.42 Å². The average Bonchev–Trinajstić information content (AvgIpc) is 2.82. The number of nitrogens with one attached hydrogen (secondary N) is 1. The predicted octanol–water partition coefficient (Wildman–Crippen LogP) is 5.50. The van der Waals surface area contributed by atoms with Crippen LogP contribution in [0.4, 0.5) is 18.9 Å². The van der Waals surface area contributed by atoms with Crippen LogP contribution in [0.1, 0.15) is 44.7 Å². The molecule has 0 fully saturated rings. The third-order valence-electron chi connectivity index (χ3n) is 5.91. The monoisotopic (exact) mass is 595 g/mol. The molecule has 2 atom stereocenters. The van der Waals surface area contributed by atoms with Gasteiger partial charge >= 0.3 is 6.18 Å². The van der Waals surface area contributed by atoms with E-state index in [4.69, 9.17) is 23.2 Å². The van der Waals surface area contributed by atoms with E-state index in [2.05, 4.69) is 5.32 Å². The van der Waals surface area contributed by atoms with Crippen LogP contribution in [0, 0.1) is 0 Å². The van der Waals surface area contributed by atoms with Crippen molar-refractivity contribution in [1.82, 2.24) is 10.2 Å². The zero-order chi connectivity index (χ0) is 28.8. The molecule has 0 bridgehead atoms. The zero-order valence-electron chi connectivity index (χ0n) is 21.4. The van der Waals surface area contributed by atoms with Crippen LogP contribution >= 0.6 is 23.2 Å². The molecule has 1 N–H and O–H groups in total. The van der Waals surface area contributed by atoms with Crippen LogP contribution in [0.25, 0.3) is 0 Å². The molecule has 0 spiro atoms. The maximum atomic E-state index is 13.7. The first-order valence-electron chi connectivity index (χ1n) is 11.8. The number of hydrogen-bond acceptors (Lipinski definition) is 4. The van der Waals surface area contributed by atoms with Gasteiger partial charge in [0, 0.05) is 17.6 Å². The van der Waals surface area contributed by atoms with Crippen molar-refractivity contribution in [3.05, 3.63) is 63.6 Å². The smallest absolute Gasteiger partial charge is 0.352 e. The molecule has 2 amide bonds. The Morgan fingerprint density at radius 3 is 2.18 bits per heavy atom. The molecule has 0 radical (unpaired) electrons. The molecule has 13 heteroatoms. The fraction of sp³-hybridized carbons (Fsp3) is 0.440. The van der Waals surface area contributed by atoms with Crippen molar-refractivity contribution in [3.63, 3.8) is 0 Å². The molecular weight excluding hydrogens is 566 g/mol. The first-order valence-corrected chi connectivity index (χ1v) is 14.4. The van der Waals surface area contributed by atoms with Crippen molar-refractivity contribution >= 4 is 50.7 Å². The number of sulfonamides is 1. The number of anilines is 1. The fourth-order valence-corrected chi connectivity index (χ4v) is 4.96. The Morgan fingerprint density at radius 2 is 1.66 bits per heavy atom. The predicted molar refractivity (Wildman–Crippen MR) is 143 cm³/mol. The van der Waals surface area contributed by atoms with Crippen LogP contribution < -0.4 is 9.62 Å². The zero-order valence-corrected chi connectivity index (χ0v) is 23.7. The van der Waals surface area contributed by atoms with Gasteiger partial charge < -0.3 is 10.2 Å². The second kappa shape index (κ2) is 13.0.